The van der Waals surface area contributed by atoms with Crippen molar-refractivity contribution in [2.45, 2.75) is 46.7 Å². The average molecular weight is 246 g/mol. The molecule has 2 nitrogen and oxygen atoms in total. The second kappa shape index (κ2) is 5.75. The molecule has 2 heteroatoms. The Morgan fingerprint density at radius 1 is 1.33 bits per heavy atom. The monoisotopic (exact) mass is 246 g/mol. The normalized spacial score (nSPS) is 23.7. The minimum absolute atomic E-state index is 0.679. The number of rotatable bonds is 4. The van der Waals surface area contributed by atoms with Crippen LogP contribution < -0.4 is 10.2 Å². The lowest BCUT2D eigenvalue weighted by Crippen LogP contribution is -2.27. The van der Waals surface area contributed by atoms with Crippen LogP contribution in [0.4, 0.5) is 5.69 Å². The van der Waals surface area contributed by atoms with Crippen LogP contribution >= 0.6 is 0 Å². The van der Waals surface area contributed by atoms with E-state index >= 15 is 0 Å². The molecule has 18 heavy (non-hydrogen) atoms. The van der Waals surface area contributed by atoms with Gasteiger partial charge in [0.2, 0.25) is 0 Å². The Hall–Kier alpha value is -1.02. The van der Waals surface area contributed by atoms with Crippen LogP contribution in [-0.4, -0.2) is 19.1 Å². The van der Waals surface area contributed by atoms with Gasteiger partial charge in [-0.05, 0) is 49.9 Å². The number of hydrogen-bond acceptors (Lipinski definition) is 2. The number of hydrogen-bond donors (Lipinski definition) is 1. The summed E-state index contributed by atoms with van der Waals surface area (Å²) in [4.78, 5) is 2.57. The van der Waals surface area contributed by atoms with Gasteiger partial charge < -0.3 is 10.2 Å². The summed E-state index contributed by atoms with van der Waals surface area (Å²) in [6.07, 6.45) is 1.32. The molecule has 2 unspecified atom stereocenters. The summed E-state index contributed by atoms with van der Waals surface area (Å²) < 4.78 is 0. The predicted octanol–water partition coefficient (Wildman–Crippen LogP) is 3.34. The third-order valence-electron chi connectivity index (χ3n) is 3.93. The van der Waals surface area contributed by atoms with Crippen molar-refractivity contribution in [1.82, 2.24) is 5.32 Å². The van der Waals surface area contributed by atoms with Gasteiger partial charge in [-0.3, -0.25) is 0 Å². The molecule has 0 spiro atoms. The Bertz CT molecular complexity index is 400. The van der Waals surface area contributed by atoms with Gasteiger partial charge in [0.05, 0.1) is 0 Å². The molecular weight excluding hydrogens is 220 g/mol. The third-order valence-corrected chi connectivity index (χ3v) is 3.93. The average Bonchev–Trinajstić information content (AvgIpc) is 2.66. The first kappa shape index (κ1) is 13.4. The minimum Gasteiger partial charge on any atom is -0.368 e. The molecule has 0 aliphatic carbocycles. The number of benzene rings is 1. The maximum Gasteiger partial charge on any atom is 0.0398 e. The van der Waals surface area contributed by atoms with Crippen molar-refractivity contribution in [2.75, 3.05) is 18.0 Å². The minimum atomic E-state index is 0.679. The van der Waals surface area contributed by atoms with E-state index in [-0.39, 0.29) is 0 Å². The zero-order valence-electron chi connectivity index (χ0n) is 12.2. The molecule has 1 aliphatic rings. The molecule has 0 saturated carbocycles. The Balaban J connectivity index is 2.14. The highest BCUT2D eigenvalue weighted by atomic mass is 15.2. The van der Waals surface area contributed by atoms with Crippen molar-refractivity contribution in [1.29, 1.82) is 0 Å². The first-order valence-electron chi connectivity index (χ1n) is 7.18. The van der Waals surface area contributed by atoms with Gasteiger partial charge >= 0.3 is 0 Å². The Kier molecular flexibility index (Phi) is 4.28. The smallest absolute Gasteiger partial charge is 0.0398 e. The summed E-state index contributed by atoms with van der Waals surface area (Å²) in [6, 6.07) is 7.57. The molecular formula is C16H26N2. The lowest BCUT2D eigenvalue weighted by Gasteiger charge is -2.26. The van der Waals surface area contributed by atoms with Gasteiger partial charge in [0.1, 0.15) is 0 Å². The van der Waals surface area contributed by atoms with Crippen LogP contribution in [0.2, 0.25) is 0 Å². The summed E-state index contributed by atoms with van der Waals surface area (Å²) >= 11 is 0. The molecule has 1 heterocycles. The summed E-state index contributed by atoms with van der Waals surface area (Å²) in [5, 5.41) is 3.38. The van der Waals surface area contributed by atoms with Crippen LogP contribution in [0.25, 0.3) is 0 Å². The van der Waals surface area contributed by atoms with Gasteiger partial charge in [0.15, 0.2) is 0 Å². The topological polar surface area (TPSA) is 15.3 Å². The fourth-order valence-corrected chi connectivity index (χ4v) is 3.05. The van der Waals surface area contributed by atoms with Crippen LogP contribution in [-0.2, 0) is 6.54 Å². The predicted molar refractivity (Wildman–Crippen MR) is 79.1 cm³/mol. The van der Waals surface area contributed by atoms with E-state index in [1.807, 2.05) is 0 Å². The largest absolute Gasteiger partial charge is 0.368 e. The number of nitrogens with zero attached hydrogens (tertiary/aromatic N) is 1. The van der Waals surface area contributed by atoms with Crippen molar-refractivity contribution in [2.24, 2.45) is 5.92 Å². The molecule has 1 aliphatic heterocycles. The molecule has 0 radical (unpaired) electrons. The lowest BCUT2D eigenvalue weighted by atomic mass is 10.1. The fourth-order valence-electron chi connectivity index (χ4n) is 3.05. The maximum atomic E-state index is 3.38. The highest BCUT2D eigenvalue weighted by molar-refractivity contribution is 5.56. The van der Waals surface area contributed by atoms with E-state index in [1.165, 1.54) is 29.8 Å². The van der Waals surface area contributed by atoms with Crippen molar-refractivity contribution >= 4 is 5.69 Å². The molecule has 0 aromatic heterocycles. The van der Waals surface area contributed by atoms with Gasteiger partial charge in [-0.2, -0.15) is 0 Å². The first-order valence-corrected chi connectivity index (χ1v) is 7.18. The molecule has 1 saturated heterocycles. The fraction of sp³-hybridized carbons (Fsp3) is 0.625. The number of anilines is 1. The zero-order chi connectivity index (χ0) is 13.1. The summed E-state index contributed by atoms with van der Waals surface area (Å²) in [5.41, 5.74) is 4.22. The summed E-state index contributed by atoms with van der Waals surface area (Å²) in [7, 11) is 0. The number of aryl methyl sites for hydroxylation is 1. The van der Waals surface area contributed by atoms with Crippen LogP contribution in [0.3, 0.4) is 0 Å². The van der Waals surface area contributed by atoms with E-state index in [0.29, 0.717) is 6.04 Å². The van der Waals surface area contributed by atoms with E-state index in [0.717, 1.165) is 19.0 Å². The maximum absolute atomic E-state index is 3.38. The van der Waals surface area contributed by atoms with Crippen molar-refractivity contribution in [3.05, 3.63) is 29.3 Å². The van der Waals surface area contributed by atoms with E-state index in [2.05, 4.69) is 56.1 Å². The molecule has 2 rings (SSSR count). The summed E-state index contributed by atoms with van der Waals surface area (Å²) in [6.45, 7) is 12.3. The van der Waals surface area contributed by atoms with Gasteiger partial charge in [0.25, 0.3) is 0 Å². The van der Waals surface area contributed by atoms with Crippen LogP contribution in [0.1, 0.15) is 38.3 Å². The molecule has 1 fully saturated rings. The van der Waals surface area contributed by atoms with Crippen molar-refractivity contribution in [3.63, 3.8) is 0 Å². The van der Waals surface area contributed by atoms with Crippen molar-refractivity contribution in [3.8, 4) is 0 Å². The molecule has 100 valence electrons. The third kappa shape index (κ3) is 2.86. The molecule has 1 N–H and O–H groups in total. The van der Waals surface area contributed by atoms with Gasteiger partial charge in [-0.1, -0.05) is 26.0 Å². The second-order valence-corrected chi connectivity index (χ2v) is 5.74. The van der Waals surface area contributed by atoms with E-state index in [1.54, 1.807) is 0 Å². The Labute approximate surface area is 111 Å². The Morgan fingerprint density at radius 2 is 2.11 bits per heavy atom. The van der Waals surface area contributed by atoms with E-state index < -0.39 is 0 Å². The Morgan fingerprint density at radius 3 is 2.67 bits per heavy atom. The van der Waals surface area contributed by atoms with Crippen LogP contribution in [0, 0.1) is 12.8 Å². The summed E-state index contributed by atoms with van der Waals surface area (Å²) in [5.74, 6) is 0.820. The second-order valence-electron chi connectivity index (χ2n) is 5.74. The zero-order valence-corrected chi connectivity index (χ0v) is 12.2. The molecule has 1 aromatic carbocycles. The highest BCUT2D eigenvalue weighted by Gasteiger charge is 2.26. The van der Waals surface area contributed by atoms with E-state index in [4.69, 9.17) is 0 Å². The van der Waals surface area contributed by atoms with Gasteiger partial charge in [0, 0.05) is 24.8 Å². The van der Waals surface area contributed by atoms with Gasteiger partial charge in [-0.25, -0.2) is 0 Å². The highest BCUT2D eigenvalue weighted by Crippen LogP contribution is 2.31. The van der Waals surface area contributed by atoms with Gasteiger partial charge in [-0.15, -0.1) is 0 Å². The van der Waals surface area contributed by atoms with E-state index in [9.17, 15) is 0 Å². The molecule has 1 aromatic rings. The van der Waals surface area contributed by atoms with Crippen molar-refractivity contribution < 1.29 is 0 Å². The SMILES string of the molecule is CCNCc1ccc(N2CC(C)CC2C)c(C)c1. The quantitative estimate of drug-likeness (QED) is 0.876. The van der Waals surface area contributed by atoms with Crippen LogP contribution in [0.5, 0.6) is 0 Å². The molecule has 2 atom stereocenters. The first-order chi connectivity index (χ1) is 8.61. The number of nitrogens with one attached hydrogen (secondary N) is 1. The lowest BCUT2D eigenvalue weighted by molar-refractivity contribution is 0.625. The molecule has 0 amide bonds. The standard InChI is InChI=1S/C16H26N2/c1-5-17-10-15-6-7-16(13(3)9-15)18-11-12(2)8-14(18)4/h6-7,9,12,14,17H,5,8,10-11H2,1-4H3. The van der Waals surface area contributed by atoms with Crippen LogP contribution in [0.15, 0.2) is 18.2 Å². The molecule has 0 bridgehead atoms.